The van der Waals surface area contributed by atoms with Gasteiger partial charge in [-0.15, -0.1) is 8.20 Å². The van der Waals surface area contributed by atoms with Gasteiger partial charge in [0.2, 0.25) is 0 Å². The Labute approximate surface area is 97.3 Å². The highest BCUT2D eigenvalue weighted by Crippen LogP contribution is 2.11. The number of rotatable bonds is 6. The van der Waals surface area contributed by atoms with Crippen LogP contribution in [0.1, 0.15) is 53.4 Å². The summed E-state index contributed by atoms with van der Waals surface area (Å²) < 4.78 is 0. The molecule has 0 saturated carbocycles. The van der Waals surface area contributed by atoms with Crippen LogP contribution in [0.2, 0.25) is 0 Å². The second kappa shape index (κ2) is 8.92. The van der Waals surface area contributed by atoms with E-state index in [1.807, 2.05) is 0 Å². The van der Waals surface area contributed by atoms with Crippen molar-refractivity contribution < 1.29 is 0 Å². The van der Waals surface area contributed by atoms with Gasteiger partial charge in [-0.05, 0) is 60.0 Å². The summed E-state index contributed by atoms with van der Waals surface area (Å²) in [7, 11) is 1.44. The van der Waals surface area contributed by atoms with Crippen molar-refractivity contribution in [2.45, 2.75) is 53.4 Å². The van der Waals surface area contributed by atoms with E-state index in [2.05, 4.69) is 46.5 Å². The number of hydrogen-bond donors (Lipinski definition) is 0. The van der Waals surface area contributed by atoms with Crippen LogP contribution in [0.3, 0.4) is 0 Å². The van der Waals surface area contributed by atoms with Crippen LogP contribution in [-0.4, -0.2) is 12.0 Å². The Morgan fingerprint density at radius 1 is 1.00 bits per heavy atom. The van der Waals surface area contributed by atoms with Gasteiger partial charge in [0.15, 0.2) is 0 Å². The van der Waals surface area contributed by atoms with Crippen LogP contribution in [0, 0.1) is 0 Å². The summed E-state index contributed by atoms with van der Waals surface area (Å²) in [6, 6.07) is 0. The summed E-state index contributed by atoms with van der Waals surface area (Å²) in [6.07, 6.45) is 9.50. The average molecular weight is 224 g/mol. The summed E-state index contributed by atoms with van der Waals surface area (Å²) in [4.78, 5) is 0. The molecule has 0 heterocycles. The maximum Gasteiger partial charge on any atom is -0.0224 e. The fraction of sp³-hybridized carbons (Fsp3) is 0.643. The van der Waals surface area contributed by atoms with Crippen LogP contribution < -0.4 is 0 Å². The zero-order valence-electron chi connectivity index (χ0n) is 10.9. The van der Waals surface area contributed by atoms with E-state index in [0.29, 0.717) is 0 Å². The van der Waals surface area contributed by atoms with Crippen molar-refractivity contribution in [3.05, 3.63) is 23.3 Å². The highest BCUT2D eigenvalue weighted by Gasteiger charge is 1.93. The molecule has 0 bridgehead atoms. The molecule has 0 fully saturated rings. The van der Waals surface area contributed by atoms with Crippen molar-refractivity contribution in [1.82, 2.24) is 0 Å². The van der Waals surface area contributed by atoms with Gasteiger partial charge in [0.1, 0.15) is 0 Å². The van der Waals surface area contributed by atoms with Gasteiger partial charge in [-0.25, -0.2) is 0 Å². The molecule has 0 aromatic heterocycles. The van der Waals surface area contributed by atoms with Crippen molar-refractivity contribution in [2.24, 2.45) is 0 Å². The van der Waals surface area contributed by atoms with Crippen LogP contribution in [0.5, 0.6) is 0 Å². The largest absolute Gasteiger partial charge is 0.109 e. The fourth-order valence-electron chi connectivity index (χ4n) is 1.28. The fourth-order valence-corrected chi connectivity index (χ4v) is 1.62. The quantitative estimate of drug-likeness (QED) is 0.428. The first-order chi connectivity index (χ1) is 7.10. The molecule has 0 unspecified atom stereocenters. The van der Waals surface area contributed by atoms with Crippen molar-refractivity contribution >= 4 is 13.5 Å². The zero-order valence-corrected chi connectivity index (χ0v) is 11.8. The van der Waals surface area contributed by atoms with Crippen LogP contribution in [-0.2, 0) is 0 Å². The van der Waals surface area contributed by atoms with Crippen LogP contribution in [0.4, 0.5) is 0 Å². The molecular formula is C14H25P. The Morgan fingerprint density at radius 2 is 1.67 bits per heavy atom. The molecule has 0 rings (SSSR count). The summed E-state index contributed by atoms with van der Waals surface area (Å²) in [6.45, 7) is 11.0. The third kappa shape index (κ3) is 8.63. The van der Waals surface area contributed by atoms with Gasteiger partial charge in [-0.2, -0.15) is 0 Å². The molecule has 0 nitrogen and oxygen atoms in total. The van der Waals surface area contributed by atoms with Crippen molar-refractivity contribution in [3.8, 4) is 0 Å². The summed E-state index contributed by atoms with van der Waals surface area (Å²) in [5, 5.41) is 1.59. The Kier molecular flexibility index (Phi) is 8.71. The first kappa shape index (κ1) is 14.6. The second-order valence-corrected chi connectivity index (χ2v) is 5.39. The molecule has 0 aliphatic carbocycles. The molecule has 1 heteroatoms. The van der Waals surface area contributed by atoms with E-state index in [0.717, 1.165) is 0 Å². The average Bonchev–Trinajstić information content (AvgIpc) is 2.25. The van der Waals surface area contributed by atoms with E-state index in [4.69, 9.17) is 0 Å². The maximum atomic E-state index is 2.40. The van der Waals surface area contributed by atoms with Crippen LogP contribution >= 0.6 is 8.20 Å². The zero-order chi connectivity index (χ0) is 11.7. The highest BCUT2D eigenvalue weighted by molar-refractivity contribution is 7.39. The lowest BCUT2D eigenvalue weighted by Gasteiger charge is -2.02. The molecule has 86 valence electrons. The van der Waals surface area contributed by atoms with Crippen molar-refractivity contribution in [3.63, 3.8) is 0 Å². The molecule has 0 aromatic rings. The smallest absolute Gasteiger partial charge is 0.0224 e. The van der Waals surface area contributed by atoms with E-state index in [-0.39, 0.29) is 0 Å². The lowest BCUT2D eigenvalue weighted by Crippen LogP contribution is -1.88. The van der Waals surface area contributed by atoms with Gasteiger partial charge in [0.25, 0.3) is 0 Å². The Bertz CT molecular complexity index is 257. The SMILES string of the molecule is C/C=C(\C)CC/C=C(\C)CCC(C)=PC. The van der Waals surface area contributed by atoms with Gasteiger partial charge in [0.05, 0.1) is 0 Å². The molecule has 0 amide bonds. The third-order valence-corrected chi connectivity index (χ3v) is 3.77. The van der Waals surface area contributed by atoms with Gasteiger partial charge in [0, 0.05) is 0 Å². The Balaban J connectivity index is 3.80. The predicted octanol–water partition coefficient (Wildman–Crippen LogP) is 5.23. The summed E-state index contributed by atoms with van der Waals surface area (Å²) in [5.41, 5.74) is 3.04. The third-order valence-electron chi connectivity index (χ3n) is 2.79. The summed E-state index contributed by atoms with van der Waals surface area (Å²) >= 11 is 0. The molecule has 0 aliphatic rings. The number of hydrogen-bond acceptors (Lipinski definition) is 0. The first-order valence-corrected chi connectivity index (χ1v) is 7.14. The van der Waals surface area contributed by atoms with Gasteiger partial charge in [-0.3, -0.25) is 0 Å². The molecule has 0 aliphatic heterocycles. The van der Waals surface area contributed by atoms with Gasteiger partial charge >= 0.3 is 0 Å². The van der Waals surface area contributed by atoms with Crippen LogP contribution in [0.15, 0.2) is 23.3 Å². The molecule has 0 N–H and O–H groups in total. The predicted molar refractivity (Wildman–Crippen MR) is 75.2 cm³/mol. The van der Waals surface area contributed by atoms with E-state index < -0.39 is 0 Å². The Morgan fingerprint density at radius 3 is 2.20 bits per heavy atom. The molecule has 0 atom stereocenters. The van der Waals surface area contributed by atoms with E-state index in [1.54, 1.807) is 10.9 Å². The van der Waals surface area contributed by atoms with E-state index >= 15 is 0 Å². The van der Waals surface area contributed by atoms with Crippen LogP contribution in [0.25, 0.3) is 0 Å². The second-order valence-electron chi connectivity index (χ2n) is 4.18. The first-order valence-electron chi connectivity index (χ1n) is 5.79. The van der Waals surface area contributed by atoms with Gasteiger partial charge in [-0.1, -0.05) is 28.6 Å². The van der Waals surface area contributed by atoms with Crippen molar-refractivity contribution in [2.75, 3.05) is 6.66 Å². The Hall–Kier alpha value is -0.350. The standard InChI is InChI=1S/C14H25P/c1-6-12(2)8-7-9-13(3)10-11-14(4)15-5/h6,9H,7-8,10-11H2,1-5H3/b12-6+,13-9+. The van der Waals surface area contributed by atoms with Crippen molar-refractivity contribution in [1.29, 1.82) is 0 Å². The molecule has 0 radical (unpaired) electrons. The molecular weight excluding hydrogens is 199 g/mol. The molecule has 0 aromatic carbocycles. The van der Waals surface area contributed by atoms with E-state index in [9.17, 15) is 0 Å². The van der Waals surface area contributed by atoms with Gasteiger partial charge < -0.3 is 0 Å². The minimum Gasteiger partial charge on any atom is -0.109 e. The lowest BCUT2D eigenvalue weighted by molar-refractivity contribution is 0.934. The normalized spacial score (nSPS) is 14.6. The summed E-state index contributed by atoms with van der Waals surface area (Å²) in [5.74, 6) is 0. The highest BCUT2D eigenvalue weighted by atomic mass is 31.1. The molecule has 0 saturated heterocycles. The topological polar surface area (TPSA) is 0 Å². The lowest BCUT2D eigenvalue weighted by atomic mass is 10.1. The minimum absolute atomic E-state index is 1.20. The maximum absolute atomic E-state index is 2.40. The number of allylic oxidation sites excluding steroid dienone is 4. The van der Waals surface area contributed by atoms with E-state index in [1.165, 1.54) is 39.5 Å². The minimum atomic E-state index is 1.20. The molecule has 15 heavy (non-hydrogen) atoms. The molecule has 0 spiro atoms. The monoisotopic (exact) mass is 224 g/mol.